The van der Waals surface area contributed by atoms with Gasteiger partial charge in [0.1, 0.15) is 23.0 Å². The van der Waals surface area contributed by atoms with Gasteiger partial charge < -0.3 is 19.9 Å². The van der Waals surface area contributed by atoms with Gasteiger partial charge in [-0.3, -0.25) is 9.80 Å². The molecule has 4 atom stereocenters. The van der Waals surface area contributed by atoms with Crippen molar-refractivity contribution >= 4 is 22.2 Å². The van der Waals surface area contributed by atoms with Crippen LogP contribution in [0.2, 0.25) is 0 Å². The van der Waals surface area contributed by atoms with E-state index in [1.54, 1.807) is 11.3 Å². The van der Waals surface area contributed by atoms with Gasteiger partial charge >= 0.3 is 0 Å². The molecule has 0 bridgehead atoms. The van der Waals surface area contributed by atoms with E-state index in [4.69, 9.17) is 30.1 Å². The Hall–Kier alpha value is -3.20. The third-order valence-corrected chi connectivity index (χ3v) is 12.7. The van der Waals surface area contributed by atoms with E-state index >= 15 is 0 Å². The highest BCUT2D eigenvalue weighted by Crippen LogP contribution is 2.55. The molecule has 1 spiro atoms. The molecule has 0 saturated carbocycles. The molecule has 45 heavy (non-hydrogen) atoms. The molecule has 0 amide bonds. The summed E-state index contributed by atoms with van der Waals surface area (Å²) >= 11 is 1.57. The predicted molar refractivity (Wildman–Crippen MR) is 175 cm³/mol. The Bertz CT molecular complexity index is 1660. The molecule has 10 nitrogen and oxygen atoms in total. The van der Waals surface area contributed by atoms with Gasteiger partial charge in [-0.25, -0.2) is 4.98 Å². The molecule has 3 fully saturated rings. The number of thiophene rings is 1. The minimum atomic E-state index is -0.377. The first-order valence-electron chi connectivity index (χ1n) is 16.9. The smallest absolute Gasteiger partial charge is 0.219 e. The number of hydrogen-bond donors (Lipinski definition) is 1. The molecule has 6 heterocycles. The molecule has 3 aromatic heterocycles. The topological polar surface area (TPSA) is 121 Å². The second kappa shape index (κ2) is 11.0. The lowest BCUT2D eigenvalue weighted by Gasteiger charge is -2.45. The second-order valence-corrected chi connectivity index (χ2v) is 15.4. The predicted octanol–water partition coefficient (Wildman–Crippen LogP) is 5.14. The van der Waals surface area contributed by atoms with E-state index in [1.807, 2.05) is 6.07 Å². The number of piperazine rings is 1. The van der Waals surface area contributed by atoms with Crippen LogP contribution in [0.5, 0.6) is 5.88 Å². The van der Waals surface area contributed by atoms with Crippen LogP contribution in [-0.2, 0) is 18.3 Å². The maximum Gasteiger partial charge on any atom is 0.219 e. The number of rotatable bonds is 5. The summed E-state index contributed by atoms with van der Waals surface area (Å²) in [5.74, 6) is 2.94. The van der Waals surface area contributed by atoms with Crippen molar-refractivity contribution in [2.75, 3.05) is 50.4 Å². The standard InChI is InChI=1S/C34H44N8O2S/c1-21(24-9-6-14-40(24)3)43-27-18-26(41-16-17-42-15-7-11-33(42,2)20-41)37-32(38-27)29-22-8-4-12-34(30(22)44-39-29)13-5-10-25-28(34)23(19-35)31(36)45-25/h18,21,24H,4-17,20,36H2,1-3H3/t21-,24-,33+,34-/m0/s1. The van der Waals surface area contributed by atoms with E-state index < -0.39 is 0 Å². The molecule has 8 rings (SSSR count). The normalized spacial score (nSPS) is 28.9. The van der Waals surface area contributed by atoms with Crippen molar-refractivity contribution in [3.63, 3.8) is 0 Å². The number of aryl methyl sites for hydroxylation is 1. The number of aromatic nitrogens is 3. The second-order valence-electron chi connectivity index (χ2n) is 14.3. The molecule has 3 saturated heterocycles. The largest absolute Gasteiger partial charge is 0.473 e. The summed E-state index contributed by atoms with van der Waals surface area (Å²) in [6.07, 6.45) is 10.4. The Morgan fingerprint density at radius 2 is 1.96 bits per heavy atom. The first kappa shape index (κ1) is 29.2. The summed E-state index contributed by atoms with van der Waals surface area (Å²) in [5, 5.41) is 15.5. The summed E-state index contributed by atoms with van der Waals surface area (Å²) in [6.45, 7) is 9.72. The molecule has 0 aromatic carbocycles. The van der Waals surface area contributed by atoms with Crippen LogP contribution < -0.4 is 15.4 Å². The third-order valence-electron chi connectivity index (χ3n) is 11.6. The van der Waals surface area contributed by atoms with Crippen LogP contribution in [0.15, 0.2) is 10.6 Å². The fourth-order valence-corrected chi connectivity index (χ4v) is 10.5. The van der Waals surface area contributed by atoms with Crippen molar-refractivity contribution in [3.8, 4) is 23.5 Å². The number of ether oxygens (including phenoxy) is 1. The fraction of sp³-hybridized carbons (Fsp3) is 0.647. The average molecular weight is 629 g/mol. The Morgan fingerprint density at radius 3 is 2.76 bits per heavy atom. The van der Waals surface area contributed by atoms with E-state index in [9.17, 15) is 5.26 Å². The van der Waals surface area contributed by atoms with Crippen molar-refractivity contribution in [1.29, 1.82) is 5.26 Å². The lowest BCUT2D eigenvalue weighted by molar-refractivity contribution is 0.116. The van der Waals surface area contributed by atoms with Crippen LogP contribution in [0.4, 0.5) is 10.8 Å². The van der Waals surface area contributed by atoms with Crippen LogP contribution in [0.1, 0.15) is 92.5 Å². The van der Waals surface area contributed by atoms with Crippen molar-refractivity contribution in [3.05, 3.63) is 33.4 Å². The van der Waals surface area contributed by atoms with E-state index in [-0.39, 0.29) is 17.1 Å². The molecular formula is C34H44N8O2S. The van der Waals surface area contributed by atoms with Crippen molar-refractivity contribution < 1.29 is 9.26 Å². The summed E-state index contributed by atoms with van der Waals surface area (Å²) in [6, 6.07) is 4.83. The number of nitrogens with two attached hydrogens (primary N) is 1. The molecular weight excluding hydrogens is 584 g/mol. The van der Waals surface area contributed by atoms with Gasteiger partial charge in [0.2, 0.25) is 5.88 Å². The van der Waals surface area contributed by atoms with Crippen LogP contribution in [0.3, 0.4) is 0 Å². The van der Waals surface area contributed by atoms with Crippen molar-refractivity contribution in [1.82, 2.24) is 24.9 Å². The van der Waals surface area contributed by atoms with Crippen LogP contribution in [0.25, 0.3) is 11.5 Å². The van der Waals surface area contributed by atoms with Gasteiger partial charge in [-0.2, -0.15) is 10.2 Å². The van der Waals surface area contributed by atoms with Crippen LogP contribution in [-0.4, -0.2) is 82.4 Å². The number of anilines is 2. The van der Waals surface area contributed by atoms with Crippen molar-refractivity contribution in [2.24, 2.45) is 0 Å². The van der Waals surface area contributed by atoms with E-state index in [1.165, 1.54) is 30.7 Å². The molecule has 0 radical (unpaired) electrons. The molecule has 11 heteroatoms. The van der Waals surface area contributed by atoms with Crippen LogP contribution >= 0.6 is 11.3 Å². The highest BCUT2D eigenvalue weighted by Gasteiger charge is 2.49. The molecule has 0 unspecified atom stereocenters. The minimum Gasteiger partial charge on any atom is -0.473 e. The summed E-state index contributed by atoms with van der Waals surface area (Å²) < 4.78 is 13.0. The van der Waals surface area contributed by atoms with Gasteiger partial charge in [-0.05, 0) is 104 Å². The molecule has 2 N–H and O–H groups in total. The Labute approximate surface area is 269 Å². The van der Waals surface area contributed by atoms with Gasteiger partial charge in [-0.1, -0.05) is 5.16 Å². The number of fused-ring (bicyclic) bond motifs is 5. The average Bonchev–Trinajstić information content (AvgIpc) is 3.81. The van der Waals surface area contributed by atoms with Gasteiger partial charge in [0.05, 0.1) is 11.0 Å². The van der Waals surface area contributed by atoms with Gasteiger partial charge in [0, 0.05) is 47.7 Å². The molecule has 2 aliphatic carbocycles. The highest BCUT2D eigenvalue weighted by molar-refractivity contribution is 7.16. The number of likely N-dealkylation sites (N-methyl/N-ethyl adjacent to an activating group) is 1. The quantitative estimate of drug-likeness (QED) is 0.407. The molecule has 3 aliphatic heterocycles. The number of hydrogen-bond acceptors (Lipinski definition) is 11. The summed E-state index contributed by atoms with van der Waals surface area (Å²) in [4.78, 5) is 18.9. The number of nitrogen functional groups attached to an aromatic ring is 1. The van der Waals surface area contributed by atoms with E-state index in [2.05, 4.69) is 41.7 Å². The molecule has 5 aliphatic rings. The lowest BCUT2D eigenvalue weighted by atomic mass is 9.63. The molecule has 238 valence electrons. The van der Waals surface area contributed by atoms with Crippen LogP contribution in [0, 0.1) is 11.3 Å². The Kier molecular flexibility index (Phi) is 7.11. The number of nitrogens with zero attached hydrogens (tertiary/aromatic N) is 7. The zero-order valence-electron chi connectivity index (χ0n) is 26.8. The van der Waals surface area contributed by atoms with Gasteiger partial charge in [0.15, 0.2) is 17.3 Å². The van der Waals surface area contributed by atoms with E-state index in [0.29, 0.717) is 34.0 Å². The SMILES string of the molecule is C[C@H](Oc1cc(N2CCN3CCC[C@]3(C)C2)nc(-c2noc3c2CCC[C@@]32CCCc3sc(N)c(C#N)c32)n1)[C@@H]1CCCN1C. The fourth-order valence-electron chi connectivity index (χ4n) is 9.32. The highest BCUT2D eigenvalue weighted by atomic mass is 32.1. The first-order chi connectivity index (χ1) is 21.8. The van der Waals surface area contributed by atoms with E-state index in [0.717, 1.165) is 93.8 Å². The van der Waals surface area contributed by atoms with Gasteiger partial charge in [0.25, 0.3) is 0 Å². The molecule has 3 aromatic rings. The van der Waals surface area contributed by atoms with Gasteiger partial charge in [-0.15, -0.1) is 11.3 Å². The number of nitriles is 1. The maximum absolute atomic E-state index is 10.1. The zero-order chi connectivity index (χ0) is 30.9. The Balaban J connectivity index is 1.21. The Morgan fingerprint density at radius 1 is 1.11 bits per heavy atom. The summed E-state index contributed by atoms with van der Waals surface area (Å²) in [7, 11) is 2.18. The third kappa shape index (κ3) is 4.66. The lowest BCUT2D eigenvalue weighted by Crippen LogP contribution is -2.57. The maximum atomic E-state index is 10.1. The monoisotopic (exact) mass is 628 g/mol. The first-order valence-corrected chi connectivity index (χ1v) is 17.7. The summed E-state index contributed by atoms with van der Waals surface area (Å²) in [5.41, 5.74) is 9.65. The minimum absolute atomic E-state index is 0.000835. The number of likely N-dealkylation sites (tertiary alicyclic amines) is 1. The van der Waals surface area contributed by atoms with Crippen molar-refractivity contribution in [2.45, 2.75) is 101 Å². The zero-order valence-corrected chi connectivity index (χ0v) is 27.6.